The van der Waals surface area contributed by atoms with Crippen LogP contribution in [0.25, 0.3) is 5.65 Å². The predicted molar refractivity (Wildman–Crippen MR) is 126 cm³/mol. The molecule has 1 atom stereocenters. The molecule has 0 bridgehead atoms. The van der Waals surface area contributed by atoms with Gasteiger partial charge in [-0.25, -0.2) is 4.98 Å². The molecule has 168 valence electrons. The molecule has 2 aliphatic heterocycles. The summed E-state index contributed by atoms with van der Waals surface area (Å²) in [5.41, 5.74) is 4.31. The lowest BCUT2D eigenvalue weighted by molar-refractivity contribution is -0.141. The molecular formula is C27H33N3O2. The zero-order valence-electron chi connectivity index (χ0n) is 19.0. The van der Waals surface area contributed by atoms with E-state index in [1.165, 1.54) is 11.1 Å². The van der Waals surface area contributed by atoms with Gasteiger partial charge in [0.2, 0.25) is 5.91 Å². The number of ether oxygens (including phenoxy) is 1. The maximum absolute atomic E-state index is 14.0. The number of hydrogen-bond donors (Lipinski definition) is 0. The fraction of sp³-hybridized carbons (Fsp3) is 0.481. The summed E-state index contributed by atoms with van der Waals surface area (Å²) in [5, 5.41) is 0. The van der Waals surface area contributed by atoms with E-state index in [0.717, 1.165) is 62.8 Å². The van der Waals surface area contributed by atoms with Crippen molar-refractivity contribution in [1.82, 2.24) is 14.3 Å². The number of likely N-dealkylation sites (tertiary alicyclic amines) is 1. The minimum atomic E-state index is -0.439. The minimum absolute atomic E-state index is 0.308. The maximum Gasteiger partial charge on any atom is 0.233 e. The lowest BCUT2D eigenvalue weighted by Gasteiger charge is -2.40. The Morgan fingerprint density at radius 2 is 2.00 bits per heavy atom. The van der Waals surface area contributed by atoms with Crippen LogP contribution in [0, 0.1) is 12.8 Å². The number of fused-ring (bicyclic) bond motifs is 1. The van der Waals surface area contributed by atoms with Crippen LogP contribution in [0.4, 0.5) is 0 Å². The first kappa shape index (κ1) is 21.2. The third-order valence-electron chi connectivity index (χ3n) is 7.47. The highest BCUT2D eigenvalue weighted by atomic mass is 16.5. The lowest BCUT2D eigenvalue weighted by atomic mass is 9.72. The van der Waals surface area contributed by atoms with E-state index in [1.54, 1.807) is 0 Å². The van der Waals surface area contributed by atoms with Crippen LogP contribution in [-0.2, 0) is 21.4 Å². The predicted octanol–water partition coefficient (Wildman–Crippen LogP) is 4.56. The topological polar surface area (TPSA) is 46.8 Å². The summed E-state index contributed by atoms with van der Waals surface area (Å²) in [7, 11) is 0. The molecule has 0 N–H and O–H groups in total. The van der Waals surface area contributed by atoms with Crippen LogP contribution in [0.5, 0.6) is 0 Å². The fourth-order valence-corrected chi connectivity index (χ4v) is 5.64. The van der Waals surface area contributed by atoms with E-state index in [2.05, 4.69) is 63.8 Å². The number of benzene rings is 1. The van der Waals surface area contributed by atoms with Gasteiger partial charge in [-0.1, -0.05) is 35.9 Å². The molecule has 0 spiro atoms. The Labute approximate surface area is 190 Å². The molecule has 3 aromatic rings. The first-order chi connectivity index (χ1) is 15.7. The summed E-state index contributed by atoms with van der Waals surface area (Å²) in [5.74, 6) is 0.891. The number of nitrogens with zero attached hydrogens (tertiary/aromatic N) is 3. The second-order valence-corrected chi connectivity index (χ2v) is 9.55. The van der Waals surface area contributed by atoms with Crippen LogP contribution in [0.2, 0.25) is 0 Å². The average molecular weight is 432 g/mol. The number of rotatable bonds is 4. The summed E-state index contributed by atoms with van der Waals surface area (Å²) in [4.78, 5) is 20.7. The van der Waals surface area contributed by atoms with Gasteiger partial charge in [-0.05, 0) is 68.6 Å². The third-order valence-corrected chi connectivity index (χ3v) is 7.47. The molecular weight excluding hydrogens is 398 g/mol. The van der Waals surface area contributed by atoms with Gasteiger partial charge in [-0.2, -0.15) is 0 Å². The average Bonchev–Trinajstić information content (AvgIpc) is 3.19. The summed E-state index contributed by atoms with van der Waals surface area (Å²) < 4.78 is 7.77. The number of pyridine rings is 1. The standard InChI is InChI=1S/C27H33N3O2/c1-21-5-2-8-24(19-21)27(10-17-32-18-11-27)26(31)30-14-3-6-22(9-15-30)20-23-7-4-13-29-16-12-28-25(23)29/h2,4-5,7-8,12-13,16,19,22H,3,6,9-11,14-15,17-18,20H2,1H3/t22-/m0/s1. The summed E-state index contributed by atoms with van der Waals surface area (Å²) >= 11 is 0. The number of imidazole rings is 1. The van der Waals surface area contributed by atoms with Gasteiger partial charge in [0.05, 0.1) is 5.41 Å². The summed E-state index contributed by atoms with van der Waals surface area (Å²) in [6.07, 6.45) is 11.8. The maximum atomic E-state index is 14.0. The van der Waals surface area contributed by atoms with Crippen molar-refractivity contribution in [2.45, 2.75) is 50.9 Å². The molecule has 2 saturated heterocycles. The second-order valence-electron chi connectivity index (χ2n) is 9.55. The van der Waals surface area contributed by atoms with E-state index >= 15 is 0 Å². The normalized spacial score (nSPS) is 21.4. The Hall–Kier alpha value is -2.66. The van der Waals surface area contributed by atoms with E-state index in [4.69, 9.17) is 4.74 Å². The van der Waals surface area contributed by atoms with Gasteiger partial charge in [0, 0.05) is 44.9 Å². The largest absolute Gasteiger partial charge is 0.381 e. The first-order valence-electron chi connectivity index (χ1n) is 12.0. The van der Waals surface area contributed by atoms with Crippen molar-refractivity contribution in [3.8, 4) is 0 Å². The monoisotopic (exact) mass is 431 g/mol. The van der Waals surface area contributed by atoms with E-state index < -0.39 is 5.41 Å². The quantitative estimate of drug-likeness (QED) is 0.608. The lowest BCUT2D eigenvalue weighted by Crippen LogP contribution is -2.50. The summed E-state index contributed by atoms with van der Waals surface area (Å²) in [6.45, 7) is 5.12. The molecule has 2 aliphatic rings. The Morgan fingerprint density at radius 1 is 1.12 bits per heavy atom. The van der Waals surface area contributed by atoms with Crippen molar-refractivity contribution in [1.29, 1.82) is 0 Å². The van der Waals surface area contributed by atoms with Gasteiger partial charge >= 0.3 is 0 Å². The Bertz CT molecular complexity index is 1080. The van der Waals surface area contributed by atoms with E-state index in [9.17, 15) is 4.79 Å². The van der Waals surface area contributed by atoms with Gasteiger partial charge in [-0.15, -0.1) is 0 Å². The van der Waals surface area contributed by atoms with Crippen molar-refractivity contribution in [3.05, 3.63) is 71.7 Å². The van der Waals surface area contributed by atoms with Crippen LogP contribution in [0.1, 0.15) is 48.8 Å². The Morgan fingerprint density at radius 3 is 2.84 bits per heavy atom. The van der Waals surface area contributed by atoms with Crippen molar-refractivity contribution in [2.24, 2.45) is 5.92 Å². The molecule has 0 unspecified atom stereocenters. The zero-order chi connectivity index (χ0) is 22.0. The Balaban J connectivity index is 1.32. The highest BCUT2D eigenvalue weighted by Gasteiger charge is 2.44. The molecule has 5 nitrogen and oxygen atoms in total. The third kappa shape index (κ3) is 4.06. The smallest absolute Gasteiger partial charge is 0.233 e. The number of aromatic nitrogens is 2. The molecule has 2 fully saturated rings. The van der Waals surface area contributed by atoms with Crippen LogP contribution in [0.3, 0.4) is 0 Å². The van der Waals surface area contributed by atoms with E-state index in [1.807, 2.05) is 12.4 Å². The number of hydrogen-bond acceptors (Lipinski definition) is 3. The molecule has 32 heavy (non-hydrogen) atoms. The molecule has 0 radical (unpaired) electrons. The van der Waals surface area contributed by atoms with Gasteiger partial charge in [0.15, 0.2) is 0 Å². The molecule has 0 saturated carbocycles. The highest BCUT2D eigenvalue weighted by Crippen LogP contribution is 2.38. The molecule has 4 heterocycles. The fourth-order valence-electron chi connectivity index (χ4n) is 5.64. The molecule has 0 aliphatic carbocycles. The number of carbonyl (C=O) groups excluding carboxylic acids is 1. The molecule has 2 aromatic heterocycles. The van der Waals surface area contributed by atoms with Crippen molar-refractivity contribution < 1.29 is 9.53 Å². The van der Waals surface area contributed by atoms with E-state index in [-0.39, 0.29) is 0 Å². The van der Waals surface area contributed by atoms with Crippen LogP contribution >= 0.6 is 0 Å². The van der Waals surface area contributed by atoms with E-state index in [0.29, 0.717) is 25.0 Å². The van der Waals surface area contributed by atoms with Gasteiger partial charge < -0.3 is 14.0 Å². The molecule has 5 heteroatoms. The number of amides is 1. The van der Waals surface area contributed by atoms with Crippen molar-refractivity contribution >= 4 is 11.6 Å². The zero-order valence-corrected chi connectivity index (χ0v) is 19.0. The van der Waals surface area contributed by atoms with Crippen molar-refractivity contribution in [2.75, 3.05) is 26.3 Å². The summed E-state index contributed by atoms with van der Waals surface area (Å²) in [6, 6.07) is 12.8. The van der Waals surface area contributed by atoms with Crippen LogP contribution in [-0.4, -0.2) is 46.5 Å². The van der Waals surface area contributed by atoms with Gasteiger partial charge in [0.1, 0.15) is 5.65 Å². The van der Waals surface area contributed by atoms with Crippen LogP contribution < -0.4 is 0 Å². The highest BCUT2D eigenvalue weighted by molar-refractivity contribution is 5.88. The molecule has 5 rings (SSSR count). The Kier molecular flexibility index (Phi) is 6.01. The minimum Gasteiger partial charge on any atom is -0.381 e. The van der Waals surface area contributed by atoms with Gasteiger partial charge in [0.25, 0.3) is 0 Å². The van der Waals surface area contributed by atoms with Crippen LogP contribution in [0.15, 0.2) is 55.0 Å². The number of aryl methyl sites for hydroxylation is 1. The SMILES string of the molecule is Cc1cccc(C2(C(=O)N3CCC[C@H](Cc4cccn5ccnc45)CC3)CCOCC2)c1. The van der Waals surface area contributed by atoms with Gasteiger partial charge in [-0.3, -0.25) is 4.79 Å². The molecule has 1 amide bonds. The second kappa shape index (κ2) is 9.07. The first-order valence-corrected chi connectivity index (χ1v) is 12.0. The number of carbonyl (C=O) groups is 1. The van der Waals surface area contributed by atoms with Crippen molar-refractivity contribution in [3.63, 3.8) is 0 Å². The molecule has 1 aromatic carbocycles.